The van der Waals surface area contributed by atoms with Gasteiger partial charge in [-0.3, -0.25) is 9.59 Å². The van der Waals surface area contributed by atoms with Gasteiger partial charge in [-0.15, -0.1) is 5.10 Å². The maximum atomic E-state index is 11.4. The molecule has 1 aliphatic rings. The zero-order valence-electron chi connectivity index (χ0n) is 10.7. The Bertz CT molecular complexity index is 584. The van der Waals surface area contributed by atoms with E-state index in [1.165, 1.54) is 0 Å². The molecule has 0 aliphatic carbocycles. The first-order valence-electron chi connectivity index (χ1n) is 5.93. The summed E-state index contributed by atoms with van der Waals surface area (Å²) in [5, 5.41) is 18.8. The Hall–Kier alpha value is -2.15. The Labute approximate surface area is 120 Å². The van der Waals surface area contributed by atoms with Gasteiger partial charge in [0.2, 0.25) is 5.91 Å². The summed E-state index contributed by atoms with van der Waals surface area (Å²) in [6, 6.07) is 9.47. The van der Waals surface area contributed by atoms with E-state index >= 15 is 0 Å². The van der Waals surface area contributed by atoms with Gasteiger partial charge in [0.25, 0.3) is 0 Å². The van der Waals surface area contributed by atoms with E-state index in [0.29, 0.717) is 5.71 Å². The van der Waals surface area contributed by atoms with Gasteiger partial charge in [0, 0.05) is 6.42 Å². The first-order chi connectivity index (χ1) is 9.56. The number of nitrogens with one attached hydrogen (secondary N) is 1. The van der Waals surface area contributed by atoms with Crippen molar-refractivity contribution in [2.45, 2.75) is 18.6 Å². The minimum atomic E-state index is -1.03. The number of amidine groups is 1. The van der Waals surface area contributed by atoms with E-state index in [2.05, 4.69) is 15.5 Å². The van der Waals surface area contributed by atoms with Gasteiger partial charge in [0.05, 0.1) is 5.71 Å². The van der Waals surface area contributed by atoms with Crippen molar-refractivity contribution >= 4 is 34.5 Å². The fourth-order valence-electron chi connectivity index (χ4n) is 1.59. The summed E-state index contributed by atoms with van der Waals surface area (Å²) in [5.41, 5.74) is 1.60. The largest absolute Gasteiger partial charge is 0.480 e. The summed E-state index contributed by atoms with van der Waals surface area (Å²) >= 11 is 0.992. The second-order valence-corrected chi connectivity index (χ2v) is 5.35. The molecule has 0 aromatic heterocycles. The van der Waals surface area contributed by atoms with Crippen molar-refractivity contribution < 1.29 is 14.7 Å². The number of thioether (sulfide) groups is 1. The molecule has 1 atom stereocenters. The van der Waals surface area contributed by atoms with E-state index in [9.17, 15) is 9.59 Å². The lowest BCUT2D eigenvalue weighted by molar-refractivity contribution is -0.138. The normalized spacial score (nSPS) is 21.6. The van der Waals surface area contributed by atoms with Crippen LogP contribution < -0.4 is 5.32 Å². The molecule has 104 valence electrons. The number of carbonyl (C=O) groups is 2. The van der Waals surface area contributed by atoms with Crippen LogP contribution in [0.5, 0.6) is 0 Å². The molecule has 1 amide bonds. The number of benzene rings is 1. The van der Waals surface area contributed by atoms with Crippen molar-refractivity contribution in [3.8, 4) is 0 Å². The van der Waals surface area contributed by atoms with E-state index in [1.54, 1.807) is 6.92 Å². The molecule has 7 heteroatoms. The molecule has 1 fully saturated rings. The number of amides is 1. The summed E-state index contributed by atoms with van der Waals surface area (Å²) in [5.74, 6) is -1.39. The molecule has 1 unspecified atom stereocenters. The van der Waals surface area contributed by atoms with Crippen LogP contribution in [0.3, 0.4) is 0 Å². The molecule has 6 nitrogen and oxygen atoms in total. The molecule has 1 saturated heterocycles. The number of rotatable bonds is 3. The lowest BCUT2D eigenvalue weighted by Gasteiger charge is -2.18. The average Bonchev–Trinajstić information content (AvgIpc) is 2.45. The third-order valence-corrected chi connectivity index (χ3v) is 3.69. The highest BCUT2D eigenvalue weighted by Gasteiger charge is 2.29. The Morgan fingerprint density at radius 1 is 1.40 bits per heavy atom. The predicted molar refractivity (Wildman–Crippen MR) is 77.9 cm³/mol. The number of hydrogen-bond donors (Lipinski definition) is 2. The third kappa shape index (κ3) is 3.67. The van der Waals surface area contributed by atoms with Gasteiger partial charge in [-0.1, -0.05) is 42.1 Å². The molecule has 2 rings (SSSR count). The Kier molecular flexibility index (Phi) is 4.52. The maximum absolute atomic E-state index is 11.4. The van der Waals surface area contributed by atoms with Crippen LogP contribution in [0, 0.1) is 0 Å². The first-order valence-corrected chi connectivity index (χ1v) is 6.81. The van der Waals surface area contributed by atoms with Crippen LogP contribution in [0.1, 0.15) is 18.9 Å². The van der Waals surface area contributed by atoms with Crippen LogP contribution in [0.25, 0.3) is 0 Å². The highest BCUT2D eigenvalue weighted by Crippen LogP contribution is 2.20. The monoisotopic (exact) mass is 291 g/mol. The van der Waals surface area contributed by atoms with Crippen molar-refractivity contribution in [3.63, 3.8) is 0 Å². The predicted octanol–water partition coefficient (Wildman–Crippen LogP) is 1.47. The van der Waals surface area contributed by atoms with Crippen LogP contribution in [-0.2, 0) is 9.59 Å². The lowest BCUT2D eigenvalue weighted by atomic mass is 10.1. The topological polar surface area (TPSA) is 91.1 Å². The molecule has 1 heterocycles. The van der Waals surface area contributed by atoms with Crippen molar-refractivity contribution in [1.29, 1.82) is 0 Å². The lowest BCUT2D eigenvalue weighted by Crippen LogP contribution is -2.40. The Morgan fingerprint density at radius 2 is 2.10 bits per heavy atom. The van der Waals surface area contributed by atoms with Gasteiger partial charge >= 0.3 is 5.97 Å². The van der Waals surface area contributed by atoms with Crippen LogP contribution in [0.15, 0.2) is 40.5 Å². The molecule has 0 spiro atoms. The second kappa shape index (κ2) is 6.33. The second-order valence-electron chi connectivity index (χ2n) is 4.15. The molecule has 1 aromatic rings. The molecule has 20 heavy (non-hydrogen) atoms. The Morgan fingerprint density at radius 3 is 2.75 bits per heavy atom. The SMILES string of the molecule is CC(=N/N=C1/NC(=O)CC(C(=O)O)S1)c1ccccc1. The van der Waals surface area contributed by atoms with E-state index in [0.717, 1.165) is 17.3 Å². The number of carbonyl (C=O) groups excluding carboxylic acids is 1. The zero-order chi connectivity index (χ0) is 14.5. The fourth-order valence-corrected chi connectivity index (χ4v) is 2.45. The number of nitrogens with zero attached hydrogens (tertiary/aromatic N) is 2. The van der Waals surface area contributed by atoms with Crippen LogP contribution in [-0.4, -0.2) is 33.1 Å². The van der Waals surface area contributed by atoms with Crippen LogP contribution >= 0.6 is 11.8 Å². The third-order valence-electron chi connectivity index (χ3n) is 2.63. The van der Waals surface area contributed by atoms with Crippen molar-refractivity contribution in [3.05, 3.63) is 35.9 Å². The number of hydrogen-bond acceptors (Lipinski definition) is 5. The number of carboxylic acids is 1. The fraction of sp³-hybridized carbons (Fsp3) is 0.231. The van der Waals surface area contributed by atoms with Gasteiger partial charge in [-0.05, 0) is 12.5 Å². The Balaban J connectivity index is 2.14. The highest BCUT2D eigenvalue weighted by molar-refractivity contribution is 8.15. The molecule has 2 N–H and O–H groups in total. The van der Waals surface area contributed by atoms with Gasteiger partial charge < -0.3 is 10.4 Å². The molecule has 0 radical (unpaired) electrons. The molecular formula is C13H13N3O3S. The first kappa shape index (κ1) is 14.3. The molecule has 0 saturated carbocycles. The van der Waals surface area contributed by atoms with E-state index in [1.807, 2.05) is 30.3 Å². The van der Waals surface area contributed by atoms with Crippen molar-refractivity contribution in [2.75, 3.05) is 0 Å². The van der Waals surface area contributed by atoms with Gasteiger partial charge in [-0.25, -0.2) is 0 Å². The highest BCUT2D eigenvalue weighted by atomic mass is 32.2. The summed E-state index contributed by atoms with van der Waals surface area (Å²) in [6.45, 7) is 1.80. The maximum Gasteiger partial charge on any atom is 0.317 e. The minimum Gasteiger partial charge on any atom is -0.480 e. The van der Waals surface area contributed by atoms with Crippen molar-refractivity contribution in [1.82, 2.24) is 5.32 Å². The van der Waals surface area contributed by atoms with Gasteiger partial charge in [-0.2, -0.15) is 5.10 Å². The quantitative estimate of drug-likeness (QED) is 0.651. The standard InChI is InChI=1S/C13H13N3O3S/c1-8(9-5-3-2-4-6-9)15-16-13-14-11(17)7-10(20-13)12(18)19/h2-6,10H,7H2,1H3,(H,18,19)(H,14,16,17). The molecule has 1 aromatic carbocycles. The summed E-state index contributed by atoms with van der Waals surface area (Å²) < 4.78 is 0. The van der Waals surface area contributed by atoms with Crippen LogP contribution in [0.4, 0.5) is 0 Å². The van der Waals surface area contributed by atoms with E-state index in [-0.39, 0.29) is 17.5 Å². The summed E-state index contributed by atoms with van der Waals surface area (Å²) in [7, 11) is 0. The van der Waals surface area contributed by atoms with Crippen molar-refractivity contribution in [2.24, 2.45) is 10.2 Å². The average molecular weight is 291 g/mol. The molecular weight excluding hydrogens is 278 g/mol. The number of aliphatic carboxylic acids is 1. The smallest absolute Gasteiger partial charge is 0.317 e. The van der Waals surface area contributed by atoms with Gasteiger partial charge in [0.1, 0.15) is 5.25 Å². The van der Waals surface area contributed by atoms with Gasteiger partial charge in [0.15, 0.2) is 5.17 Å². The van der Waals surface area contributed by atoms with E-state index < -0.39 is 11.2 Å². The van der Waals surface area contributed by atoms with E-state index in [4.69, 9.17) is 5.11 Å². The summed E-state index contributed by atoms with van der Waals surface area (Å²) in [4.78, 5) is 22.3. The molecule has 1 aliphatic heterocycles. The minimum absolute atomic E-state index is 0.0552. The zero-order valence-corrected chi connectivity index (χ0v) is 11.6. The number of carboxylic acid groups (broad SMARTS) is 1. The molecule has 0 bridgehead atoms. The van der Waals surface area contributed by atoms with Crippen LogP contribution in [0.2, 0.25) is 0 Å². The summed E-state index contributed by atoms with van der Waals surface area (Å²) in [6.07, 6.45) is -0.0552.